The van der Waals surface area contributed by atoms with E-state index in [2.05, 4.69) is 0 Å². The lowest BCUT2D eigenvalue weighted by Gasteiger charge is -2.22. The van der Waals surface area contributed by atoms with Crippen molar-refractivity contribution in [3.05, 3.63) is 23.8 Å². The van der Waals surface area contributed by atoms with Crippen molar-refractivity contribution >= 4 is 24.4 Å². The minimum absolute atomic E-state index is 0.00230. The molecule has 3 atom stereocenters. The van der Waals surface area contributed by atoms with E-state index in [1.54, 1.807) is 26.8 Å². The second kappa shape index (κ2) is 19.5. The van der Waals surface area contributed by atoms with E-state index in [1.807, 2.05) is 13.8 Å². The maximum Gasteiger partial charge on any atom is 0.513 e. The van der Waals surface area contributed by atoms with E-state index in [4.69, 9.17) is 38.9 Å². The Balaban J connectivity index is 2.89. The van der Waals surface area contributed by atoms with E-state index >= 15 is 0 Å². The fourth-order valence-corrected chi connectivity index (χ4v) is 3.20. The lowest BCUT2D eigenvalue weighted by molar-refractivity contribution is -0.155. The number of nitrogens with two attached hydrogens (primary N) is 1. The maximum absolute atomic E-state index is 12.6. The zero-order valence-corrected chi connectivity index (χ0v) is 24.1. The first-order chi connectivity index (χ1) is 19.1. The highest BCUT2D eigenvalue weighted by atomic mass is 16.7. The smallest absolute Gasteiger partial charge is 0.458 e. The molecule has 1 rings (SSSR count). The molecule has 0 unspecified atom stereocenters. The molecule has 1 aromatic carbocycles. The third-order valence-corrected chi connectivity index (χ3v) is 5.60. The van der Waals surface area contributed by atoms with Crippen LogP contribution in [0.4, 0.5) is 14.4 Å². The van der Waals surface area contributed by atoms with Crippen LogP contribution in [0.1, 0.15) is 78.7 Å². The third-order valence-electron chi connectivity index (χ3n) is 5.60. The molecule has 12 nitrogen and oxygen atoms in total. The molecule has 2 N–H and O–H groups in total. The summed E-state index contributed by atoms with van der Waals surface area (Å²) in [5.41, 5.74) is 6.54. The maximum atomic E-state index is 12.6. The predicted molar refractivity (Wildman–Crippen MR) is 144 cm³/mol. The van der Waals surface area contributed by atoms with Gasteiger partial charge in [-0.15, -0.1) is 0 Å². The SMILES string of the molecule is CCCCCOC(=O)Oc1ccc(C[C@H](N)C(=O)O[C@@H](C)[C@H](C)OC(=O)OCC)cc1OC(=O)OCCCCC. The Morgan fingerprint density at radius 3 is 1.82 bits per heavy atom. The summed E-state index contributed by atoms with van der Waals surface area (Å²) in [6.07, 6.45) is 0.746. The van der Waals surface area contributed by atoms with Crippen LogP contribution in [0.3, 0.4) is 0 Å². The Morgan fingerprint density at radius 2 is 1.27 bits per heavy atom. The van der Waals surface area contributed by atoms with Crippen molar-refractivity contribution in [1.29, 1.82) is 0 Å². The van der Waals surface area contributed by atoms with Crippen LogP contribution in [0.15, 0.2) is 18.2 Å². The summed E-state index contributed by atoms with van der Waals surface area (Å²) in [7, 11) is 0. The molecule has 0 aliphatic heterocycles. The molecule has 0 fully saturated rings. The minimum Gasteiger partial charge on any atom is -0.458 e. The number of esters is 1. The molecular weight excluding hydrogens is 526 g/mol. The predicted octanol–water partition coefficient (Wildman–Crippen LogP) is 5.46. The van der Waals surface area contributed by atoms with E-state index in [0.29, 0.717) is 18.4 Å². The van der Waals surface area contributed by atoms with E-state index in [0.717, 1.165) is 25.7 Å². The summed E-state index contributed by atoms with van der Waals surface area (Å²) in [5.74, 6) is -0.904. The Labute approximate surface area is 235 Å². The average Bonchev–Trinajstić information content (AvgIpc) is 2.90. The van der Waals surface area contributed by atoms with Crippen LogP contribution in [0, 0.1) is 0 Å². The highest BCUT2D eigenvalue weighted by molar-refractivity contribution is 5.76. The third kappa shape index (κ3) is 14.0. The molecule has 0 aromatic heterocycles. The van der Waals surface area contributed by atoms with Gasteiger partial charge in [0.25, 0.3) is 0 Å². The number of rotatable bonds is 17. The van der Waals surface area contributed by atoms with Gasteiger partial charge in [-0.1, -0.05) is 45.6 Å². The summed E-state index contributed by atoms with van der Waals surface area (Å²) >= 11 is 0. The molecule has 226 valence electrons. The van der Waals surface area contributed by atoms with Gasteiger partial charge in [0.05, 0.1) is 19.8 Å². The lowest BCUT2D eigenvalue weighted by atomic mass is 10.1. The molecular formula is C28H43NO11. The van der Waals surface area contributed by atoms with Crippen molar-refractivity contribution in [1.82, 2.24) is 0 Å². The van der Waals surface area contributed by atoms with Crippen molar-refractivity contribution < 1.29 is 52.3 Å². The minimum atomic E-state index is -1.10. The highest BCUT2D eigenvalue weighted by Crippen LogP contribution is 2.30. The number of hydrogen-bond acceptors (Lipinski definition) is 12. The van der Waals surface area contributed by atoms with Crippen LogP contribution < -0.4 is 15.2 Å². The van der Waals surface area contributed by atoms with Gasteiger partial charge < -0.3 is 38.9 Å². The van der Waals surface area contributed by atoms with Crippen LogP contribution in [-0.4, -0.2) is 62.5 Å². The van der Waals surface area contributed by atoms with Crippen LogP contribution in [0.2, 0.25) is 0 Å². The zero-order valence-electron chi connectivity index (χ0n) is 24.1. The second-order valence-electron chi connectivity index (χ2n) is 9.05. The summed E-state index contributed by atoms with van der Waals surface area (Å²) in [4.78, 5) is 48.4. The summed E-state index contributed by atoms with van der Waals surface area (Å²) in [5, 5.41) is 0. The Morgan fingerprint density at radius 1 is 0.725 bits per heavy atom. The van der Waals surface area contributed by atoms with Crippen molar-refractivity contribution in [2.24, 2.45) is 5.73 Å². The molecule has 0 heterocycles. The molecule has 0 aliphatic rings. The van der Waals surface area contributed by atoms with Crippen LogP contribution >= 0.6 is 0 Å². The molecule has 0 bridgehead atoms. The molecule has 0 aliphatic carbocycles. The van der Waals surface area contributed by atoms with Crippen molar-refractivity contribution in [3.8, 4) is 11.5 Å². The first-order valence-electron chi connectivity index (χ1n) is 13.7. The molecule has 0 saturated heterocycles. The second-order valence-corrected chi connectivity index (χ2v) is 9.05. The Bertz CT molecular complexity index is 937. The zero-order chi connectivity index (χ0) is 29.9. The number of carbonyl (C=O) groups excluding carboxylic acids is 4. The summed E-state index contributed by atoms with van der Waals surface area (Å²) in [6, 6.07) is 3.28. The van der Waals surface area contributed by atoms with Crippen LogP contribution in [-0.2, 0) is 34.9 Å². The van der Waals surface area contributed by atoms with Gasteiger partial charge in [-0.3, -0.25) is 4.79 Å². The van der Waals surface area contributed by atoms with Gasteiger partial charge in [0.1, 0.15) is 18.2 Å². The molecule has 0 radical (unpaired) electrons. The first-order valence-corrected chi connectivity index (χ1v) is 13.7. The quantitative estimate of drug-likeness (QED) is 0.109. The molecule has 12 heteroatoms. The van der Waals surface area contributed by atoms with Gasteiger partial charge in [-0.05, 0) is 57.7 Å². The Hall–Kier alpha value is -3.54. The number of ether oxygens (including phenoxy) is 7. The van der Waals surface area contributed by atoms with Gasteiger partial charge >= 0.3 is 24.4 Å². The van der Waals surface area contributed by atoms with Gasteiger partial charge in [0.15, 0.2) is 11.5 Å². The van der Waals surface area contributed by atoms with E-state index in [1.165, 1.54) is 12.1 Å². The van der Waals surface area contributed by atoms with Gasteiger partial charge in [0, 0.05) is 0 Å². The largest absolute Gasteiger partial charge is 0.513 e. The van der Waals surface area contributed by atoms with E-state index in [-0.39, 0.29) is 37.7 Å². The highest BCUT2D eigenvalue weighted by Gasteiger charge is 2.25. The molecule has 0 spiro atoms. The molecule has 40 heavy (non-hydrogen) atoms. The number of carbonyl (C=O) groups is 4. The van der Waals surface area contributed by atoms with Crippen molar-refractivity contribution in [2.75, 3.05) is 19.8 Å². The average molecular weight is 570 g/mol. The normalized spacial score (nSPS) is 12.8. The standard InChI is InChI=1S/C28H43NO11/c1-6-9-11-15-35-27(32)39-23-14-13-21(18-24(23)40-28(33)36-16-12-10-7-2)17-22(29)25(30)37-19(4)20(5)38-26(31)34-8-3/h13-14,18-20,22H,6-12,15-17,29H2,1-5H3/t19-,20-,22-/m0/s1. The Kier molecular flexibility index (Phi) is 16.8. The monoisotopic (exact) mass is 569 g/mol. The van der Waals surface area contributed by atoms with Crippen molar-refractivity contribution in [2.45, 2.75) is 97.8 Å². The number of benzene rings is 1. The summed E-state index contributed by atoms with van der Waals surface area (Å²) in [6.45, 7) is 9.32. The van der Waals surface area contributed by atoms with Gasteiger partial charge in [0.2, 0.25) is 0 Å². The van der Waals surface area contributed by atoms with Crippen LogP contribution in [0.25, 0.3) is 0 Å². The molecule has 0 amide bonds. The number of unbranched alkanes of at least 4 members (excludes halogenated alkanes) is 4. The van der Waals surface area contributed by atoms with Crippen LogP contribution in [0.5, 0.6) is 11.5 Å². The lowest BCUT2D eigenvalue weighted by Crippen LogP contribution is -2.39. The summed E-state index contributed by atoms with van der Waals surface area (Å²) < 4.78 is 35.8. The molecule has 1 aromatic rings. The van der Waals surface area contributed by atoms with E-state index < -0.39 is 42.7 Å². The van der Waals surface area contributed by atoms with Crippen molar-refractivity contribution in [3.63, 3.8) is 0 Å². The van der Waals surface area contributed by atoms with E-state index in [9.17, 15) is 19.2 Å². The first kappa shape index (κ1) is 34.5. The van der Waals surface area contributed by atoms with Gasteiger partial charge in [-0.25, -0.2) is 14.4 Å². The topological polar surface area (TPSA) is 159 Å². The fourth-order valence-electron chi connectivity index (χ4n) is 3.20. The molecule has 0 saturated carbocycles. The fraction of sp³-hybridized carbons (Fsp3) is 0.643. The van der Waals surface area contributed by atoms with Gasteiger partial charge in [-0.2, -0.15) is 0 Å². The number of hydrogen-bond donors (Lipinski definition) is 1.